The van der Waals surface area contributed by atoms with Crippen molar-refractivity contribution in [1.29, 1.82) is 0 Å². The molecule has 1 aromatic rings. The fourth-order valence-electron chi connectivity index (χ4n) is 10.4. The van der Waals surface area contributed by atoms with Crippen LogP contribution in [0.5, 0.6) is 5.75 Å². The van der Waals surface area contributed by atoms with Crippen LogP contribution in [-0.2, 0) is 0 Å². The summed E-state index contributed by atoms with van der Waals surface area (Å²) in [5.74, 6) is 1.52. The molecule has 4 fully saturated rings. The van der Waals surface area contributed by atoms with E-state index in [0.29, 0.717) is 28.2 Å². The lowest BCUT2D eigenvalue weighted by molar-refractivity contribution is -0.162. The Bertz CT molecular complexity index is 1010. The second-order valence-electron chi connectivity index (χ2n) is 14.1. The molecule has 206 valence electrons. The number of rotatable bonds is 5. The molecule has 4 heteroatoms. The average Bonchev–Trinajstić information content (AvgIpc) is 3.14. The Morgan fingerprint density at radius 1 is 0.973 bits per heavy atom. The van der Waals surface area contributed by atoms with Gasteiger partial charge in [-0.05, 0) is 127 Å². The molecule has 10 atom stereocenters. The number of hydrogen-bond acceptors (Lipinski definition) is 2. The number of phenolic OH excluding ortho intramolecular Hbond substituents is 1. The summed E-state index contributed by atoms with van der Waals surface area (Å²) in [6, 6.07) is 2.39. The minimum atomic E-state index is -0.913. The van der Waals surface area contributed by atoms with Gasteiger partial charge < -0.3 is 10.2 Å². The normalized spacial score (nSPS) is 44.3. The zero-order chi connectivity index (χ0) is 26.8. The van der Waals surface area contributed by atoms with Crippen LogP contribution >= 0.6 is 0 Å². The van der Waals surface area contributed by atoms with E-state index in [0.717, 1.165) is 42.9 Å². The number of benzene rings is 1. The monoisotopic (exact) mass is 514 g/mol. The molecule has 5 rings (SSSR count). The van der Waals surface area contributed by atoms with Crippen LogP contribution in [0.2, 0.25) is 0 Å². The highest BCUT2D eigenvalue weighted by atomic mass is 19.1. The summed E-state index contributed by atoms with van der Waals surface area (Å²) in [6.07, 6.45) is 15.6. The Kier molecular flexibility index (Phi) is 7.08. The lowest BCUT2D eigenvalue weighted by Gasteiger charge is -2.64. The molecule has 37 heavy (non-hydrogen) atoms. The highest BCUT2D eigenvalue weighted by Gasteiger charge is 2.65. The van der Waals surface area contributed by atoms with Crippen LogP contribution in [-0.4, -0.2) is 16.3 Å². The van der Waals surface area contributed by atoms with Gasteiger partial charge in [-0.15, -0.1) is 0 Å². The zero-order valence-corrected chi connectivity index (χ0v) is 23.6. The van der Waals surface area contributed by atoms with Crippen LogP contribution < -0.4 is 0 Å². The molecule has 0 saturated heterocycles. The van der Waals surface area contributed by atoms with Crippen molar-refractivity contribution < 1.29 is 19.0 Å². The van der Waals surface area contributed by atoms with Crippen LogP contribution in [0.25, 0.3) is 6.08 Å². The van der Waals surface area contributed by atoms with Crippen molar-refractivity contribution in [3.63, 3.8) is 0 Å². The number of aromatic hydroxyl groups is 1. The van der Waals surface area contributed by atoms with Crippen molar-refractivity contribution >= 4 is 6.08 Å². The van der Waals surface area contributed by atoms with Crippen molar-refractivity contribution in [2.45, 2.75) is 105 Å². The van der Waals surface area contributed by atoms with E-state index in [4.69, 9.17) is 0 Å². The first-order valence-corrected chi connectivity index (χ1v) is 15.0. The number of fused-ring (bicyclic) bond motifs is 5. The number of halogens is 2. The Balaban J connectivity index is 1.34. The van der Waals surface area contributed by atoms with E-state index < -0.39 is 17.4 Å². The standard InChI is InChI=1S/C33H48F2O2/c1-6-22-18-24-25(31(3)13-10-23(36)19-27(22)31)11-15-33(5)26(24)12-14-32(33,4)20(2)8-7-9-21-16-28(34)30(37)29(35)17-21/h7,9,16-17,20,22-27,36-37H,6,8,10-15,18-19H2,1-5H3/b9-7+/t20-,22+,23-,24-,25+,26+,27+,31-,32-,33+/m1/s1. The first-order valence-electron chi connectivity index (χ1n) is 15.0. The Labute approximate surface area is 222 Å². The molecule has 0 unspecified atom stereocenters. The summed E-state index contributed by atoms with van der Waals surface area (Å²) in [4.78, 5) is 0. The first kappa shape index (κ1) is 27.2. The van der Waals surface area contributed by atoms with Gasteiger partial charge in [0.1, 0.15) is 0 Å². The van der Waals surface area contributed by atoms with Crippen molar-refractivity contribution in [1.82, 2.24) is 0 Å². The van der Waals surface area contributed by atoms with Gasteiger partial charge in [-0.3, -0.25) is 0 Å². The highest BCUT2D eigenvalue weighted by molar-refractivity contribution is 5.51. The molecule has 0 amide bonds. The SMILES string of the molecule is CC[C@H]1C[C@@H]2[C@H](CC[C@@]3(C)[C@H]2CC[C@]3(C)[C@H](C)C/C=C/c2cc(F)c(O)c(F)c2)[C@@]2(C)CC[C@@H](O)C[C@@H]12. The highest BCUT2D eigenvalue weighted by Crippen LogP contribution is 2.72. The molecule has 0 aliphatic heterocycles. The lowest BCUT2D eigenvalue weighted by Crippen LogP contribution is -2.57. The maximum atomic E-state index is 13.8. The van der Waals surface area contributed by atoms with Gasteiger partial charge in [0.25, 0.3) is 0 Å². The second kappa shape index (κ2) is 9.65. The Morgan fingerprint density at radius 2 is 1.65 bits per heavy atom. The van der Waals surface area contributed by atoms with Gasteiger partial charge in [0.2, 0.25) is 0 Å². The van der Waals surface area contributed by atoms with Crippen LogP contribution in [0.4, 0.5) is 8.78 Å². The van der Waals surface area contributed by atoms with Gasteiger partial charge in [0, 0.05) is 0 Å². The van der Waals surface area contributed by atoms with E-state index in [-0.39, 0.29) is 11.5 Å². The Hall–Kier alpha value is -1.42. The largest absolute Gasteiger partial charge is 0.503 e. The number of phenols is 1. The predicted molar refractivity (Wildman–Crippen MR) is 146 cm³/mol. The summed E-state index contributed by atoms with van der Waals surface area (Å²) >= 11 is 0. The average molecular weight is 515 g/mol. The van der Waals surface area contributed by atoms with E-state index in [9.17, 15) is 19.0 Å². The Morgan fingerprint density at radius 3 is 2.32 bits per heavy atom. The molecule has 1 aromatic carbocycles. The van der Waals surface area contributed by atoms with E-state index in [1.54, 1.807) is 6.08 Å². The van der Waals surface area contributed by atoms with Gasteiger partial charge in [0.05, 0.1) is 6.10 Å². The summed E-state index contributed by atoms with van der Waals surface area (Å²) < 4.78 is 27.5. The summed E-state index contributed by atoms with van der Waals surface area (Å²) in [5, 5.41) is 19.9. The minimum Gasteiger partial charge on any atom is -0.503 e. The van der Waals surface area contributed by atoms with Crippen LogP contribution in [0.1, 0.15) is 104 Å². The van der Waals surface area contributed by atoms with Gasteiger partial charge in [0.15, 0.2) is 17.4 Å². The fraction of sp³-hybridized carbons (Fsp3) is 0.758. The van der Waals surface area contributed by atoms with E-state index in [2.05, 4.69) is 40.7 Å². The van der Waals surface area contributed by atoms with E-state index in [1.807, 2.05) is 0 Å². The van der Waals surface area contributed by atoms with Crippen molar-refractivity contribution in [3.8, 4) is 5.75 Å². The molecule has 0 bridgehead atoms. The van der Waals surface area contributed by atoms with Crippen molar-refractivity contribution in [2.75, 3.05) is 0 Å². The third-order valence-corrected chi connectivity index (χ3v) is 12.9. The number of aliphatic hydroxyl groups excluding tert-OH is 1. The summed E-state index contributed by atoms with van der Waals surface area (Å²) in [5.41, 5.74) is 1.38. The van der Waals surface area contributed by atoms with Crippen molar-refractivity contribution in [3.05, 3.63) is 35.4 Å². The molecule has 0 radical (unpaired) electrons. The molecule has 2 nitrogen and oxygen atoms in total. The molecule has 4 aliphatic rings. The molecular weight excluding hydrogens is 466 g/mol. The van der Waals surface area contributed by atoms with Gasteiger partial charge in [-0.25, -0.2) is 8.78 Å². The number of aliphatic hydroxyl groups is 1. The van der Waals surface area contributed by atoms with Crippen LogP contribution in [0, 0.1) is 63.4 Å². The molecule has 4 aliphatic carbocycles. The van der Waals surface area contributed by atoms with Crippen molar-refractivity contribution in [2.24, 2.45) is 51.8 Å². The topological polar surface area (TPSA) is 40.5 Å². The molecule has 0 aromatic heterocycles. The molecule has 0 heterocycles. The van der Waals surface area contributed by atoms with E-state index >= 15 is 0 Å². The second-order valence-corrected chi connectivity index (χ2v) is 14.1. The lowest BCUT2D eigenvalue weighted by atomic mass is 9.41. The molecular formula is C33H48F2O2. The van der Waals surface area contributed by atoms with Gasteiger partial charge >= 0.3 is 0 Å². The molecule has 4 saturated carbocycles. The maximum absolute atomic E-state index is 13.8. The fourth-order valence-corrected chi connectivity index (χ4v) is 10.4. The maximum Gasteiger partial charge on any atom is 0.187 e. The quantitative estimate of drug-likeness (QED) is 0.412. The minimum absolute atomic E-state index is 0.101. The van der Waals surface area contributed by atoms with Crippen LogP contribution in [0.3, 0.4) is 0 Å². The third kappa shape index (κ3) is 4.19. The molecule has 0 spiro atoms. The smallest absolute Gasteiger partial charge is 0.187 e. The van der Waals surface area contributed by atoms with Gasteiger partial charge in [-0.1, -0.05) is 53.2 Å². The predicted octanol–water partition coefficient (Wildman–Crippen LogP) is 8.76. The molecule has 2 N–H and O–H groups in total. The number of hydrogen-bond donors (Lipinski definition) is 2. The number of allylic oxidation sites excluding steroid dienone is 1. The van der Waals surface area contributed by atoms with Crippen LogP contribution in [0.15, 0.2) is 18.2 Å². The zero-order valence-electron chi connectivity index (χ0n) is 23.6. The first-order chi connectivity index (χ1) is 17.4. The van der Waals surface area contributed by atoms with E-state index in [1.165, 1.54) is 57.1 Å². The third-order valence-electron chi connectivity index (χ3n) is 12.9. The van der Waals surface area contributed by atoms with Gasteiger partial charge in [-0.2, -0.15) is 0 Å². The summed E-state index contributed by atoms with van der Waals surface area (Å²) in [7, 11) is 0. The summed E-state index contributed by atoms with van der Waals surface area (Å²) in [6.45, 7) is 12.4.